The molecule has 8 heteroatoms. The van der Waals surface area contributed by atoms with E-state index in [-0.39, 0.29) is 11.8 Å². The van der Waals surface area contributed by atoms with E-state index in [2.05, 4.69) is 58.7 Å². The van der Waals surface area contributed by atoms with Crippen LogP contribution in [0.15, 0.2) is 36.4 Å². The molecule has 0 fully saturated rings. The van der Waals surface area contributed by atoms with Crippen LogP contribution in [-0.2, 0) is 4.79 Å². The Kier molecular flexibility index (Phi) is 4.16. The molecule has 8 nitrogen and oxygen atoms in total. The summed E-state index contributed by atoms with van der Waals surface area (Å²) >= 11 is 0. The van der Waals surface area contributed by atoms with Crippen molar-refractivity contribution >= 4 is 17.4 Å². The van der Waals surface area contributed by atoms with Crippen molar-refractivity contribution in [1.29, 1.82) is 0 Å². The number of carbonyl (C=O) groups excluding carboxylic acids is 1. The minimum Gasteiger partial charge on any atom is -0.310 e. The SMILES string of the molecule is Cc1nn(-c2ccc3nnc(C)n3n2)c2c1[C@@H](c1ccc(C(C)C)cc1)CC(=O)N2. The summed E-state index contributed by atoms with van der Waals surface area (Å²) in [5.74, 6) is 2.38. The maximum atomic E-state index is 12.6. The standard InChI is InChI=1S/C22H23N7O/c1-12(2)15-5-7-16(8-6-15)17-11-20(30)23-22-21(17)13(3)26-29(22)19-10-9-18-25-24-14(4)28(18)27-19/h5-10,12,17H,11H2,1-4H3,(H,23,30)/t17-/m1/s1. The highest BCUT2D eigenvalue weighted by Crippen LogP contribution is 2.40. The summed E-state index contributed by atoms with van der Waals surface area (Å²) in [6.45, 7) is 8.18. The first-order valence-electron chi connectivity index (χ1n) is 10.1. The lowest BCUT2D eigenvalue weighted by molar-refractivity contribution is -0.116. The Bertz CT molecular complexity index is 1270. The number of fused-ring (bicyclic) bond motifs is 2. The van der Waals surface area contributed by atoms with E-state index in [9.17, 15) is 4.79 Å². The van der Waals surface area contributed by atoms with Gasteiger partial charge in [-0.3, -0.25) is 4.79 Å². The van der Waals surface area contributed by atoms with Crippen LogP contribution in [0.25, 0.3) is 11.5 Å². The molecular formula is C22H23N7O. The van der Waals surface area contributed by atoms with Gasteiger partial charge in [-0.05, 0) is 43.0 Å². The van der Waals surface area contributed by atoms with Crippen molar-refractivity contribution < 1.29 is 4.79 Å². The van der Waals surface area contributed by atoms with Gasteiger partial charge in [0.15, 0.2) is 17.3 Å². The molecule has 1 aromatic carbocycles. The molecule has 5 rings (SSSR count). The molecule has 0 bridgehead atoms. The summed E-state index contributed by atoms with van der Waals surface area (Å²) in [5, 5.41) is 20.5. The molecule has 1 aliphatic rings. The highest BCUT2D eigenvalue weighted by Gasteiger charge is 2.33. The van der Waals surface area contributed by atoms with Crippen LogP contribution in [0.5, 0.6) is 0 Å². The fourth-order valence-electron chi connectivity index (χ4n) is 4.11. The average Bonchev–Trinajstić information content (AvgIpc) is 3.27. The number of hydrogen-bond acceptors (Lipinski definition) is 5. The second-order valence-corrected chi connectivity index (χ2v) is 8.09. The highest BCUT2D eigenvalue weighted by atomic mass is 16.1. The molecule has 3 aromatic heterocycles. The van der Waals surface area contributed by atoms with E-state index in [1.807, 2.05) is 26.0 Å². The Morgan fingerprint density at radius 1 is 1.03 bits per heavy atom. The lowest BCUT2D eigenvalue weighted by Gasteiger charge is -2.24. The van der Waals surface area contributed by atoms with Gasteiger partial charge in [-0.15, -0.1) is 15.3 Å². The number of benzene rings is 1. The number of anilines is 1. The van der Waals surface area contributed by atoms with Gasteiger partial charge in [0.1, 0.15) is 5.82 Å². The molecule has 1 N–H and O–H groups in total. The third-order valence-electron chi connectivity index (χ3n) is 5.73. The summed E-state index contributed by atoms with van der Waals surface area (Å²) in [6.07, 6.45) is 0.400. The van der Waals surface area contributed by atoms with Crippen LogP contribution in [0.2, 0.25) is 0 Å². The van der Waals surface area contributed by atoms with Crippen LogP contribution in [0.4, 0.5) is 5.82 Å². The van der Waals surface area contributed by atoms with Crippen LogP contribution >= 0.6 is 0 Å². The molecule has 1 aliphatic heterocycles. The summed E-state index contributed by atoms with van der Waals surface area (Å²) in [4.78, 5) is 12.6. The van der Waals surface area contributed by atoms with Gasteiger partial charge in [0.2, 0.25) is 5.91 Å². The van der Waals surface area contributed by atoms with Gasteiger partial charge in [-0.2, -0.15) is 14.3 Å². The number of nitrogens with zero attached hydrogens (tertiary/aromatic N) is 6. The average molecular weight is 401 g/mol. The third-order valence-corrected chi connectivity index (χ3v) is 5.73. The quantitative estimate of drug-likeness (QED) is 0.567. The number of aromatic nitrogens is 6. The van der Waals surface area contributed by atoms with Crippen molar-refractivity contribution in [2.24, 2.45) is 0 Å². The zero-order valence-corrected chi connectivity index (χ0v) is 17.4. The maximum Gasteiger partial charge on any atom is 0.226 e. The minimum absolute atomic E-state index is 0.0249. The van der Waals surface area contributed by atoms with Crippen molar-refractivity contribution in [3.8, 4) is 5.82 Å². The van der Waals surface area contributed by atoms with E-state index in [4.69, 9.17) is 5.10 Å². The molecule has 0 unspecified atom stereocenters. The predicted octanol–water partition coefficient (Wildman–Crippen LogP) is 3.52. The van der Waals surface area contributed by atoms with Gasteiger partial charge >= 0.3 is 0 Å². The van der Waals surface area contributed by atoms with E-state index in [1.54, 1.807) is 9.20 Å². The Labute approximate surface area is 173 Å². The molecule has 1 atom stereocenters. The molecule has 1 amide bonds. The van der Waals surface area contributed by atoms with Gasteiger partial charge in [-0.1, -0.05) is 38.1 Å². The molecule has 0 spiro atoms. The Morgan fingerprint density at radius 3 is 2.53 bits per heavy atom. The highest BCUT2D eigenvalue weighted by molar-refractivity contribution is 5.95. The number of aryl methyl sites for hydroxylation is 2. The van der Waals surface area contributed by atoms with Gasteiger partial charge < -0.3 is 5.32 Å². The molecule has 4 heterocycles. The van der Waals surface area contributed by atoms with E-state index in [0.717, 1.165) is 16.8 Å². The number of nitrogens with one attached hydrogen (secondary N) is 1. The molecular weight excluding hydrogens is 378 g/mol. The first-order valence-corrected chi connectivity index (χ1v) is 10.1. The predicted molar refractivity (Wildman–Crippen MR) is 113 cm³/mol. The van der Waals surface area contributed by atoms with Gasteiger partial charge in [0.05, 0.1) is 5.69 Å². The topological polar surface area (TPSA) is 90.0 Å². The number of amides is 1. The fraction of sp³-hybridized carbons (Fsp3) is 0.318. The number of rotatable bonds is 3. The molecule has 152 valence electrons. The van der Waals surface area contributed by atoms with E-state index < -0.39 is 0 Å². The number of carbonyl (C=O) groups is 1. The largest absolute Gasteiger partial charge is 0.310 e. The molecule has 4 aromatic rings. The lowest BCUT2D eigenvalue weighted by Crippen LogP contribution is -2.25. The van der Waals surface area contributed by atoms with Crippen LogP contribution in [0, 0.1) is 13.8 Å². The van der Waals surface area contributed by atoms with Crippen molar-refractivity contribution in [2.45, 2.75) is 46.0 Å². The summed E-state index contributed by atoms with van der Waals surface area (Å²) < 4.78 is 3.38. The second kappa shape index (κ2) is 6.76. The fourth-order valence-corrected chi connectivity index (χ4v) is 4.11. The van der Waals surface area contributed by atoms with Gasteiger partial charge in [-0.25, -0.2) is 0 Å². The van der Waals surface area contributed by atoms with Crippen molar-refractivity contribution in [1.82, 2.24) is 29.6 Å². The molecule has 0 radical (unpaired) electrons. The lowest BCUT2D eigenvalue weighted by atomic mass is 9.85. The number of hydrogen-bond donors (Lipinski definition) is 1. The Balaban J connectivity index is 1.63. The summed E-state index contributed by atoms with van der Waals surface area (Å²) in [6, 6.07) is 12.2. The van der Waals surface area contributed by atoms with Crippen LogP contribution in [0.3, 0.4) is 0 Å². The van der Waals surface area contributed by atoms with Crippen molar-refractivity contribution in [2.75, 3.05) is 5.32 Å². The monoisotopic (exact) mass is 401 g/mol. The summed E-state index contributed by atoms with van der Waals surface area (Å²) in [7, 11) is 0. The van der Waals surface area contributed by atoms with E-state index in [1.165, 1.54) is 5.56 Å². The van der Waals surface area contributed by atoms with E-state index >= 15 is 0 Å². The zero-order chi connectivity index (χ0) is 21.0. The minimum atomic E-state index is -0.0379. The third kappa shape index (κ3) is 2.87. The van der Waals surface area contributed by atoms with Crippen LogP contribution < -0.4 is 5.32 Å². The van der Waals surface area contributed by atoms with Gasteiger partial charge in [0.25, 0.3) is 0 Å². The first-order chi connectivity index (χ1) is 14.4. The van der Waals surface area contributed by atoms with E-state index in [0.29, 0.717) is 35.4 Å². The van der Waals surface area contributed by atoms with Crippen molar-refractivity contribution in [3.05, 3.63) is 64.6 Å². The van der Waals surface area contributed by atoms with Gasteiger partial charge in [0, 0.05) is 17.9 Å². The molecule has 0 saturated carbocycles. The molecule has 30 heavy (non-hydrogen) atoms. The van der Waals surface area contributed by atoms with Crippen LogP contribution in [0.1, 0.15) is 60.3 Å². The second-order valence-electron chi connectivity index (χ2n) is 8.09. The van der Waals surface area contributed by atoms with Crippen LogP contribution in [-0.4, -0.2) is 35.5 Å². The summed E-state index contributed by atoms with van der Waals surface area (Å²) in [5.41, 5.74) is 4.99. The normalized spacial score (nSPS) is 16.2. The zero-order valence-electron chi connectivity index (χ0n) is 17.4. The Hall–Kier alpha value is -3.55. The first kappa shape index (κ1) is 18.5. The van der Waals surface area contributed by atoms with Crippen molar-refractivity contribution in [3.63, 3.8) is 0 Å². The molecule has 0 aliphatic carbocycles. The molecule has 0 saturated heterocycles. The maximum absolute atomic E-state index is 12.6. The smallest absolute Gasteiger partial charge is 0.226 e. The Morgan fingerprint density at radius 2 is 1.80 bits per heavy atom.